The Hall–Kier alpha value is -1.69. The minimum absolute atomic E-state index is 0.0743. The molecule has 0 saturated heterocycles. The predicted molar refractivity (Wildman–Crippen MR) is 76.1 cm³/mol. The highest BCUT2D eigenvalue weighted by Crippen LogP contribution is 2.37. The van der Waals surface area contributed by atoms with Crippen molar-refractivity contribution < 1.29 is 24.2 Å². The highest BCUT2D eigenvalue weighted by atomic mass is 32.2. The predicted octanol–water partition coefficient (Wildman–Crippen LogP) is 2.02. The second-order valence-corrected chi connectivity index (χ2v) is 6.09. The van der Waals surface area contributed by atoms with Crippen molar-refractivity contribution in [3.8, 4) is 11.5 Å². The number of hydrogen-bond donors (Lipinski definition) is 1. The third-order valence-corrected chi connectivity index (χ3v) is 4.61. The maximum absolute atomic E-state index is 12.4. The van der Waals surface area contributed by atoms with Crippen molar-refractivity contribution in [2.75, 3.05) is 14.2 Å². The number of benzene rings is 1. The van der Waals surface area contributed by atoms with Crippen LogP contribution in [0.15, 0.2) is 12.1 Å². The molecular weight excluding hydrogens is 280 g/mol. The summed E-state index contributed by atoms with van der Waals surface area (Å²) in [5, 5.41) is 8.21. The quantitative estimate of drug-likeness (QED) is 0.920. The molecule has 0 radical (unpaired) electrons. The van der Waals surface area contributed by atoms with Gasteiger partial charge in [0.1, 0.15) is 5.25 Å². The zero-order chi connectivity index (χ0) is 14.9. The van der Waals surface area contributed by atoms with E-state index in [1.165, 1.54) is 26.0 Å². The van der Waals surface area contributed by atoms with Crippen molar-refractivity contribution in [1.29, 1.82) is 0 Å². The van der Waals surface area contributed by atoms with E-state index in [1.54, 1.807) is 19.1 Å². The van der Waals surface area contributed by atoms with E-state index in [0.29, 0.717) is 29.0 Å². The van der Waals surface area contributed by atoms with E-state index in [9.17, 15) is 14.7 Å². The van der Waals surface area contributed by atoms with Crippen molar-refractivity contribution in [1.82, 2.24) is 0 Å². The Balaban J connectivity index is 2.55. The number of ketones is 1. The van der Waals surface area contributed by atoms with Crippen LogP contribution in [0.25, 0.3) is 0 Å². The number of rotatable bonds is 3. The number of aliphatic carboxylic acids is 1. The maximum atomic E-state index is 12.4. The first kappa shape index (κ1) is 14.7. The summed E-state index contributed by atoms with van der Waals surface area (Å²) in [4.78, 5) is 23.6. The van der Waals surface area contributed by atoms with Gasteiger partial charge in [0.05, 0.1) is 19.5 Å². The molecule has 0 spiro atoms. The molecular formula is C14H16O5S. The Kier molecular flexibility index (Phi) is 4.23. The van der Waals surface area contributed by atoms with Crippen LogP contribution in [-0.4, -0.2) is 41.6 Å². The minimum atomic E-state index is -0.905. The third kappa shape index (κ3) is 2.60. The van der Waals surface area contributed by atoms with Crippen LogP contribution >= 0.6 is 11.8 Å². The van der Waals surface area contributed by atoms with Crippen molar-refractivity contribution in [3.63, 3.8) is 0 Å². The Labute approximate surface area is 121 Å². The largest absolute Gasteiger partial charge is 0.493 e. The van der Waals surface area contributed by atoms with Gasteiger partial charge in [-0.2, -0.15) is 0 Å². The second kappa shape index (κ2) is 5.75. The highest BCUT2D eigenvalue weighted by molar-refractivity contribution is 8.01. The van der Waals surface area contributed by atoms with Gasteiger partial charge in [-0.05, 0) is 31.0 Å². The van der Waals surface area contributed by atoms with Crippen LogP contribution in [0.5, 0.6) is 11.5 Å². The normalized spacial score (nSPS) is 21.9. The van der Waals surface area contributed by atoms with Gasteiger partial charge in [-0.3, -0.25) is 9.59 Å². The Bertz CT molecular complexity index is 555. The van der Waals surface area contributed by atoms with Crippen molar-refractivity contribution in [2.24, 2.45) is 0 Å². The molecule has 5 nitrogen and oxygen atoms in total. The molecule has 0 bridgehead atoms. The van der Waals surface area contributed by atoms with Gasteiger partial charge < -0.3 is 14.6 Å². The first-order valence-electron chi connectivity index (χ1n) is 6.15. The fraction of sp³-hybridized carbons (Fsp3) is 0.429. The van der Waals surface area contributed by atoms with Crippen molar-refractivity contribution in [3.05, 3.63) is 23.3 Å². The van der Waals surface area contributed by atoms with Gasteiger partial charge in [-0.15, -0.1) is 11.8 Å². The number of fused-ring (bicyclic) bond motifs is 1. The zero-order valence-corrected chi connectivity index (χ0v) is 12.3. The summed E-state index contributed by atoms with van der Waals surface area (Å²) in [6.45, 7) is 1.73. The molecule has 6 heteroatoms. The minimum Gasteiger partial charge on any atom is -0.493 e. The molecule has 20 heavy (non-hydrogen) atoms. The van der Waals surface area contributed by atoms with Crippen LogP contribution in [0.1, 0.15) is 22.8 Å². The van der Waals surface area contributed by atoms with Gasteiger partial charge in [0.2, 0.25) is 0 Å². The third-order valence-electron chi connectivity index (χ3n) is 3.29. The van der Waals surface area contributed by atoms with Crippen molar-refractivity contribution >= 4 is 23.5 Å². The number of thioether (sulfide) groups is 1. The van der Waals surface area contributed by atoms with Crippen LogP contribution in [0.4, 0.5) is 0 Å². The van der Waals surface area contributed by atoms with Gasteiger partial charge in [-0.25, -0.2) is 0 Å². The van der Waals surface area contributed by atoms with Crippen LogP contribution in [0.3, 0.4) is 0 Å². The van der Waals surface area contributed by atoms with E-state index >= 15 is 0 Å². The highest BCUT2D eigenvalue weighted by Gasteiger charge is 2.32. The lowest BCUT2D eigenvalue weighted by molar-refractivity contribution is -0.136. The fourth-order valence-corrected chi connectivity index (χ4v) is 3.38. The number of carbonyl (C=O) groups is 2. The molecule has 1 aromatic carbocycles. The Morgan fingerprint density at radius 3 is 2.45 bits per heavy atom. The number of ether oxygens (including phenoxy) is 2. The molecule has 1 heterocycles. The summed E-state index contributed by atoms with van der Waals surface area (Å²) in [6, 6.07) is 3.33. The van der Waals surface area contributed by atoms with Gasteiger partial charge in [-0.1, -0.05) is 0 Å². The smallest absolute Gasteiger partial charge is 0.316 e. The van der Waals surface area contributed by atoms with E-state index in [1.807, 2.05) is 0 Å². The first-order valence-corrected chi connectivity index (χ1v) is 7.09. The van der Waals surface area contributed by atoms with Crippen molar-refractivity contribution in [2.45, 2.75) is 23.8 Å². The average Bonchev–Trinajstić information content (AvgIpc) is 2.55. The molecule has 1 N–H and O–H groups in total. The summed E-state index contributed by atoms with van der Waals surface area (Å²) >= 11 is 1.18. The standard InChI is InChI=1S/C14H16O5S/c1-7-13(15)9-6-11(19-3)10(18-2)4-8(9)5-12(20-7)14(16)17/h4,6-7,12H,5H2,1-3H3,(H,16,17)/t7-,12+/m0/s1. The van der Waals surface area contributed by atoms with Crippen LogP contribution < -0.4 is 9.47 Å². The number of carboxylic acids is 1. The van der Waals surface area contributed by atoms with Gasteiger partial charge >= 0.3 is 5.97 Å². The molecule has 1 aromatic rings. The van der Waals surface area contributed by atoms with E-state index in [4.69, 9.17) is 9.47 Å². The molecule has 2 atom stereocenters. The lowest BCUT2D eigenvalue weighted by atomic mass is 9.97. The van der Waals surface area contributed by atoms with E-state index < -0.39 is 16.5 Å². The average molecular weight is 296 g/mol. The Morgan fingerprint density at radius 2 is 1.90 bits per heavy atom. The molecule has 0 aliphatic carbocycles. The second-order valence-electron chi connectivity index (χ2n) is 4.54. The van der Waals surface area contributed by atoms with E-state index in [2.05, 4.69) is 0 Å². The SMILES string of the molecule is COc1cc2c(cc1OC)C(=O)[C@H](C)S[C@@H](C(=O)O)C2. The maximum Gasteiger partial charge on any atom is 0.316 e. The summed E-state index contributed by atoms with van der Waals surface area (Å²) in [5.74, 6) is 0.000282. The van der Waals surface area contributed by atoms with Crippen LogP contribution in [-0.2, 0) is 11.2 Å². The van der Waals surface area contributed by atoms with E-state index in [0.717, 1.165) is 0 Å². The van der Waals surface area contributed by atoms with Crippen LogP contribution in [0.2, 0.25) is 0 Å². The summed E-state index contributed by atoms with van der Waals surface area (Å²) in [7, 11) is 3.01. The molecule has 1 aliphatic heterocycles. The molecule has 0 aromatic heterocycles. The lowest BCUT2D eigenvalue weighted by Crippen LogP contribution is -2.21. The monoisotopic (exact) mass is 296 g/mol. The topological polar surface area (TPSA) is 72.8 Å². The zero-order valence-electron chi connectivity index (χ0n) is 11.5. The van der Waals surface area contributed by atoms with E-state index in [-0.39, 0.29) is 5.78 Å². The number of methoxy groups -OCH3 is 2. The molecule has 0 saturated carbocycles. The number of hydrogen-bond acceptors (Lipinski definition) is 5. The first-order chi connectivity index (χ1) is 9.47. The number of carbonyl (C=O) groups excluding carboxylic acids is 1. The van der Waals surface area contributed by atoms with Gasteiger partial charge in [0.15, 0.2) is 17.3 Å². The molecule has 2 rings (SSSR count). The van der Waals surface area contributed by atoms with Gasteiger partial charge in [0, 0.05) is 5.56 Å². The number of carboxylic acid groups (broad SMARTS) is 1. The molecule has 0 amide bonds. The molecule has 0 fully saturated rings. The Morgan fingerprint density at radius 1 is 1.30 bits per heavy atom. The summed E-state index contributed by atoms with van der Waals surface area (Å²) in [6.07, 6.45) is 0.297. The van der Waals surface area contributed by atoms with Crippen LogP contribution in [0, 0.1) is 0 Å². The summed E-state index contributed by atoms with van der Waals surface area (Å²) < 4.78 is 10.4. The molecule has 0 unspecified atom stereocenters. The van der Waals surface area contributed by atoms with Gasteiger partial charge in [0.25, 0.3) is 0 Å². The fourth-order valence-electron chi connectivity index (χ4n) is 2.24. The summed E-state index contributed by atoms with van der Waals surface area (Å²) in [5.41, 5.74) is 1.21. The molecule has 1 aliphatic rings. The molecule has 108 valence electrons. The number of Topliss-reactive ketones (excluding diaryl/α,β-unsaturated/α-hetero) is 1. The lowest BCUT2D eigenvalue weighted by Gasteiger charge is -2.13.